The third-order valence-electron chi connectivity index (χ3n) is 2.38. The fourth-order valence-electron chi connectivity index (χ4n) is 1.57. The summed E-state index contributed by atoms with van der Waals surface area (Å²) in [6.07, 6.45) is 3.36. The summed E-state index contributed by atoms with van der Waals surface area (Å²) in [6.45, 7) is 3.41. The molecular formula is C12H17N5O. The maximum absolute atomic E-state index is 5.34. The Morgan fingerprint density at radius 1 is 1.39 bits per heavy atom. The number of aromatic amines is 1. The molecule has 6 nitrogen and oxygen atoms in total. The van der Waals surface area contributed by atoms with Crippen LogP contribution in [0.3, 0.4) is 0 Å². The van der Waals surface area contributed by atoms with Crippen molar-refractivity contribution in [1.82, 2.24) is 20.2 Å². The molecule has 0 saturated carbocycles. The maximum Gasteiger partial charge on any atom is 0.215 e. The van der Waals surface area contributed by atoms with Gasteiger partial charge in [-0.2, -0.15) is 10.1 Å². The molecule has 0 aliphatic rings. The van der Waals surface area contributed by atoms with Gasteiger partial charge < -0.3 is 10.1 Å². The second-order valence-electron chi connectivity index (χ2n) is 3.76. The Labute approximate surface area is 106 Å². The number of ether oxygens (including phenoxy) is 1. The van der Waals surface area contributed by atoms with Crippen LogP contribution in [0.5, 0.6) is 5.88 Å². The van der Waals surface area contributed by atoms with Crippen LogP contribution < -0.4 is 10.1 Å². The summed E-state index contributed by atoms with van der Waals surface area (Å²) in [5.41, 5.74) is 0. The standard InChI is InChI=1S/C12H17N5O/c1-2-18-12-7-3-5-10(16-12)13-8-4-6-11-14-9-15-17-11/h3,5,7,9H,2,4,6,8H2,1H3,(H,13,16)(H,14,15,17). The number of hydrogen-bond donors (Lipinski definition) is 2. The van der Waals surface area contributed by atoms with Crippen LogP contribution in [0.1, 0.15) is 19.2 Å². The van der Waals surface area contributed by atoms with Gasteiger partial charge in [-0.1, -0.05) is 6.07 Å². The SMILES string of the molecule is CCOc1cccc(NCCCc2ncn[nH]2)n1. The van der Waals surface area contributed by atoms with Crippen molar-refractivity contribution in [3.63, 3.8) is 0 Å². The van der Waals surface area contributed by atoms with Gasteiger partial charge in [-0.25, -0.2) is 4.98 Å². The Morgan fingerprint density at radius 2 is 2.33 bits per heavy atom. The first kappa shape index (κ1) is 12.3. The number of pyridine rings is 1. The minimum Gasteiger partial charge on any atom is -0.478 e. The monoisotopic (exact) mass is 247 g/mol. The predicted octanol–water partition coefficient (Wildman–Crippen LogP) is 1.64. The molecule has 0 fully saturated rings. The lowest BCUT2D eigenvalue weighted by Gasteiger charge is -2.07. The molecule has 96 valence electrons. The lowest BCUT2D eigenvalue weighted by molar-refractivity contribution is 0.327. The number of aromatic nitrogens is 4. The molecule has 0 amide bonds. The van der Waals surface area contributed by atoms with Crippen LogP contribution >= 0.6 is 0 Å². The highest BCUT2D eigenvalue weighted by molar-refractivity contribution is 5.36. The van der Waals surface area contributed by atoms with Crippen LogP contribution in [-0.2, 0) is 6.42 Å². The molecule has 0 radical (unpaired) electrons. The Morgan fingerprint density at radius 3 is 3.11 bits per heavy atom. The molecule has 0 unspecified atom stereocenters. The average molecular weight is 247 g/mol. The van der Waals surface area contributed by atoms with E-state index in [4.69, 9.17) is 4.74 Å². The Balaban J connectivity index is 1.74. The Hall–Kier alpha value is -2.11. The van der Waals surface area contributed by atoms with Crippen molar-refractivity contribution < 1.29 is 4.74 Å². The highest BCUT2D eigenvalue weighted by atomic mass is 16.5. The van der Waals surface area contributed by atoms with Gasteiger partial charge in [-0.05, 0) is 19.4 Å². The van der Waals surface area contributed by atoms with E-state index in [-0.39, 0.29) is 0 Å². The highest BCUT2D eigenvalue weighted by Gasteiger charge is 1.98. The predicted molar refractivity (Wildman–Crippen MR) is 68.6 cm³/mol. The average Bonchev–Trinajstić information content (AvgIpc) is 2.89. The largest absolute Gasteiger partial charge is 0.478 e. The highest BCUT2D eigenvalue weighted by Crippen LogP contribution is 2.11. The van der Waals surface area contributed by atoms with Gasteiger partial charge in [-0.15, -0.1) is 0 Å². The molecule has 2 N–H and O–H groups in total. The van der Waals surface area contributed by atoms with Crippen LogP contribution in [0, 0.1) is 0 Å². The summed E-state index contributed by atoms with van der Waals surface area (Å²) in [5, 5.41) is 9.90. The van der Waals surface area contributed by atoms with E-state index in [1.54, 1.807) is 0 Å². The molecule has 6 heteroatoms. The fourth-order valence-corrected chi connectivity index (χ4v) is 1.57. The van der Waals surface area contributed by atoms with Gasteiger partial charge in [0.15, 0.2) is 0 Å². The third-order valence-corrected chi connectivity index (χ3v) is 2.38. The van der Waals surface area contributed by atoms with Crippen LogP contribution in [0.4, 0.5) is 5.82 Å². The summed E-state index contributed by atoms with van der Waals surface area (Å²) in [7, 11) is 0. The molecule has 0 aliphatic carbocycles. The topological polar surface area (TPSA) is 75.7 Å². The smallest absolute Gasteiger partial charge is 0.215 e. The molecule has 0 spiro atoms. The summed E-state index contributed by atoms with van der Waals surface area (Å²) < 4.78 is 5.34. The van der Waals surface area contributed by atoms with Crippen molar-refractivity contribution in [2.24, 2.45) is 0 Å². The lowest BCUT2D eigenvalue weighted by Crippen LogP contribution is -2.06. The molecule has 2 rings (SSSR count). The molecule has 18 heavy (non-hydrogen) atoms. The number of aryl methyl sites for hydroxylation is 1. The van der Waals surface area contributed by atoms with E-state index < -0.39 is 0 Å². The molecule has 2 aromatic heterocycles. The van der Waals surface area contributed by atoms with Crippen molar-refractivity contribution in [2.45, 2.75) is 19.8 Å². The number of rotatable bonds is 7. The van der Waals surface area contributed by atoms with Crippen LogP contribution in [0.2, 0.25) is 0 Å². The molecule has 2 heterocycles. The third kappa shape index (κ3) is 3.73. The van der Waals surface area contributed by atoms with E-state index >= 15 is 0 Å². The molecule has 0 aliphatic heterocycles. The van der Waals surface area contributed by atoms with Crippen molar-refractivity contribution >= 4 is 5.82 Å². The number of anilines is 1. The maximum atomic E-state index is 5.34. The van der Waals surface area contributed by atoms with Gasteiger partial charge in [0.25, 0.3) is 0 Å². The van der Waals surface area contributed by atoms with Crippen LogP contribution in [0.15, 0.2) is 24.5 Å². The summed E-state index contributed by atoms with van der Waals surface area (Å²) in [6, 6.07) is 5.71. The molecule has 0 aromatic carbocycles. The number of nitrogens with one attached hydrogen (secondary N) is 2. The van der Waals surface area contributed by atoms with Crippen molar-refractivity contribution in [3.8, 4) is 5.88 Å². The minimum atomic E-state index is 0.627. The van der Waals surface area contributed by atoms with E-state index in [2.05, 4.69) is 25.5 Å². The zero-order chi connectivity index (χ0) is 12.6. The Kier molecular flexibility index (Phi) is 4.52. The quantitative estimate of drug-likeness (QED) is 0.727. The van der Waals surface area contributed by atoms with Crippen molar-refractivity contribution in [3.05, 3.63) is 30.4 Å². The second-order valence-corrected chi connectivity index (χ2v) is 3.76. The van der Waals surface area contributed by atoms with Crippen molar-refractivity contribution in [2.75, 3.05) is 18.5 Å². The first-order valence-corrected chi connectivity index (χ1v) is 6.06. The normalized spacial score (nSPS) is 10.3. The first-order chi connectivity index (χ1) is 8.88. The van der Waals surface area contributed by atoms with Crippen LogP contribution in [-0.4, -0.2) is 33.3 Å². The van der Waals surface area contributed by atoms with Crippen molar-refractivity contribution in [1.29, 1.82) is 0 Å². The zero-order valence-corrected chi connectivity index (χ0v) is 10.4. The van der Waals surface area contributed by atoms with E-state index in [0.717, 1.165) is 31.0 Å². The minimum absolute atomic E-state index is 0.627. The van der Waals surface area contributed by atoms with E-state index in [1.165, 1.54) is 6.33 Å². The number of H-pyrrole nitrogens is 1. The molecule has 0 bridgehead atoms. The number of hydrogen-bond acceptors (Lipinski definition) is 5. The molecule has 0 atom stereocenters. The fraction of sp³-hybridized carbons (Fsp3) is 0.417. The first-order valence-electron chi connectivity index (χ1n) is 6.06. The molecule has 0 saturated heterocycles. The van der Waals surface area contributed by atoms with Crippen LogP contribution in [0.25, 0.3) is 0 Å². The molecular weight excluding hydrogens is 230 g/mol. The summed E-state index contributed by atoms with van der Waals surface area (Å²) >= 11 is 0. The molecule has 2 aromatic rings. The van der Waals surface area contributed by atoms with Gasteiger partial charge in [0.2, 0.25) is 5.88 Å². The van der Waals surface area contributed by atoms with Gasteiger partial charge in [-0.3, -0.25) is 5.10 Å². The van der Waals surface area contributed by atoms with Gasteiger partial charge >= 0.3 is 0 Å². The van der Waals surface area contributed by atoms with E-state index in [0.29, 0.717) is 12.5 Å². The summed E-state index contributed by atoms with van der Waals surface area (Å²) in [4.78, 5) is 8.40. The lowest BCUT2D eigenvalue weighted by atomic mass is 10.3. The number of nitrogens with zero attached hydrogens (tertiary/aromatic N) is 3. The zero-order valence-electron chi connectivity index (χ0n) is 10.4. The van der Waals surface area contributed by atoms with Gasteiger partial charge in [0.1, 0.15) is 18.0 Å². The summed E-state index contributed by atoms with van der Waals surface area (Å²) in [5.74, 6) is 2.39. The van der Waals surface area contributed by atoms with Gasteiger partial charge in [0.05, 0.1) is 6.61 Å². The Bertz CT molecular complexity index is 457. The van der Waals surface area contributed by atoms with E-state index in [1.807, 2.05) is 25.1 Å². The van der Waals surface area contributed by atoms with E-state index in [9.17, 15) is 0 Å². The van der Waals surface area contributed by atoms with Gasteiger partial charge in [0, 0.05) is 19.0 Å². The second kappa shape index (κ2) is 6.58.